The normalized spacial score (nSPS) is 18.7. The van der Waals surface area contributed by atoms with Crippen LogP contribution in [0.4, 0.5) is 23.2 Å². The maximum Gasteiger partial charge on any atom is 0.427 e. The van der Waals surface area contributed by atoms with Gasteiger partial charge in [0, 0.05) is 19.5 Å². The topological polar surface area (TPSA) is 110 Å². The lowest BCUT2D eigenvalue weighted by molar-refractivity contribution is -0.257. The van der Waals surface area contributed by atoms with Crippen LogP contribution in [0.1, 0.15) is 45.1 Å². The summed E-state index contributed by atoms with van der Waals surface area (Å²) in [6.45, 7) is 1.99. The molecule has 0 N–H and O–H groups in total. The Hall–Kier alpha value is -2.91. The van der Waals surface area contributed by atoms with Crippen LogP contribution in [-0.4, -0.2) is 70.4 Å². The fraction of sp³-hybridized carbons (Fsp3) is 0.519. The van der Waals surface area contributed by atoms with Gasteiger partial charge in [0.1, 0.15) is 17.7 Å². The van der Waals surface area contributed by atoms with Gasteiger partial charge in [-0.1, -0.05) is 12.5 Å². The molecule has 2 aliphatic heterocycles. The summed E-state index contributed by atoms with van der Waals surface area (Å²) >= 11 is 0. The summed E-state index contributed by atoms with van der Waals surface area (Å²) < 4.78 is 119. The number of ether oxygens (including phenoxy) is 2. The summed E-state index contributed by atoms with van der Waals surface area (Å²) in [6.07, 6.45) is -3.80. The number of halogens is 4. The summed E-state index contributed by atoms with van der Waals surface area (Å²) in [4.78, 5) is 12.1. The van der Waals surface area contributed by atoms with E-state index in [0.717, 1.165) is 47.8 Å². The SMILES string of the molecule is CC(C)(OC(=O)Cc1ccc2c(c1)N(S(=O)(=O)c1ccc(F)cc1)C[C@H](CCS(=O)(=O)N1CCCCC1)O2)C(F)(F)F. The smallest absolute Gasteiger partial charge is 0.427 e. The molecular weight excluding hydrogens is 604 g/mol. The van der Waals surface area contributed by atoms with E-state index in [1.165, 1.54) is 22.5 Å². The Kier molecular flexibility index (Phi) is 9.14. The van der Waals surface area contributed by atoms with E-state index in [0.29, 0.717) is 26.9 Å². The van der Waals surface area contributed by atoms with Crippen molar-refractivity contribution >= 4 is 31.7 Å². The van der Waals surface area contributed by atoms with Crippen LogP contribution in [0, 0.1) is 5.82 Å². The first kappa shape index (κ1) is 32.0. The molecule has 2 aromatic carbocycles. The largest absolute Gasteiger partial charge is 0.486 e. The van der Waals surface area contributed by atoms with Crippen LogP contribution >= 0.6 is 0 Å². The van der Waals surface area contributed by atoms with Crippen molar-refractivity contribution in [1.82, 2.24) is 4.31 Å². The van der Waals surface area contributed by atoms with Gasteiger partial charge in [-0.15, -0.1) is 0 Å². The highest BCUT2D eigenvalue weighted by Crippen LogP contribution is 2.39. The van der Waals surface area contributed by atoms with Gasteiger partial charge in [-0.2, -0.15) is 13.2 Å². The quantitative estimate of drug-likeness (QED) is 0.296. The van der Waals surface area contributed by atoms with Gasteiger partial charge < -0.3 is 9.47 Å². The van der Waals surface area contributed by atoms with Crippen molar-refractivity contribution in [2.24, 2.45) is 0 Å². The molecule has 4 rings (SSSR count). The highest BCUT2D eigenvalue weighted by atomic mass is 32.2. The lowest BCUT2D eigenvalue weighted by atomic mass is 10.1. The summed E-state index contributed by atoms with van der Waals surface area (Å²) in [6, 6.07) is 8.16. The number of carbonyl (C=O) groups is 1. The van der Waals surface area contributed by atoms with Gasteiger partial charge in [-0.3, -0.25) is 9.10 Å². The molecule has 15 heteroatoms. The fourth-order valence-corrected chi connectivity index (χ4v) is 7.81. The average molecular weight is 637 g/mol. The van der Waals surface area contributed by atoms with E-state index in [2.05, 4.69) is 4.74 Å². The Morgan fingerprint density at radius 1 is 1.00 bits per heavy atom. The summed E-state index contributed by atoms with van der Waals surface area (Å²) in [7, 11) is -7.93. The monoisotopic (exact) mass is 636 g/mol. The number of nitrogens with zero attached hydrogens (tertiary/aromatic N) is 2. The maximum atomic E-state index is 13.7. The number of piperidine rings is 1. The maximum absolute atomic E-state index is 13.7. The first-order valence-electron chi connectivity index (χ1n) is 13.3. The minimum atomic E-state index is -4.80. The van der Waals surface area contributed by atoms with Crippen molar-refractivity contribution in [3.63, 3.8) is 0 Å². The predicted octanol–water partition coefficient (Wildman–Crippen LogP) is 4.41. The van der Waals surface area contributed by atoms with Gasteiger partial charge in [-0.25, -0.2) is 25.5 Å². The summed E-state index contributed by atoms with van der Waals surface area (Å²) in [5, 5.41) is 0. The Morgan fingerprint density at radius 2 is 1.64 bits per heavy atom. The van der Waals surface area contributed by atoms with Crippen molar-refractivity contribution in [2.45, 2.75) is 68.7 Å². The standard InChI is InChI=1S/C27H32F4N2O7S2/c1-26(2,27(29,30)31)40-25(34)17-19-6-11-24-23(16-19)33(42(37,38)22-9-7-20(28)8-10-22)18-21(39-24)12-15-41(35,36)32-13-4-3-5-14-32/h6-11,16,21H,3-5,12-15,17-18H2,1-2H3/t21-/m0/s1. The third-order valence-corrected chi connectivity index (χ3v) is 10.9. The molecule has 232 valence electrons. The zero-order chi connectivity index (χ0) is 30.9. The molecule has 0 radical (unpaired) electrons. The van der Waals surface area contributed by atoms with Gasteiger partial charge in [0.15, 0.2) is 0 Å². The third kappa shape index (κ3) is 7.17. The van der Waals surface area contributed by atoms with Crippen molar-refractivity contribution in [1.29, 1.82) is 0 Å². The second-order valence-corrected chi connectivity index (χ2v) is 14.7. The van der Waals surface area contributed by atoms with Gasteiger partial charge >= 0.3 is 12.1 Å². The first-order valence-corrected chi connectivity index (χ1v) is 16.4. The van der Waals surface area contributed by atoms with E-state index in [-0.39, 0.29) is 40.6 Å². The Bertz CT molecular complexity index is 1510. The molecule has 0 bridgehead atoms. The van der Waals surface area contributed by atoms with Crippen LogP contribution in [0.2, 0.25) is 0 Å². The average Bonchev–Trinajstić information content (AvgIpc) is 2.91. The van der Waals surface area contributed by atoms with E-state index in [1.807, 2.05) is 0 Å². The molecule has 0 saturated carbocycles. The van der Waals surface area contributed by atoms with Crippen LogP contribution in [0.3, 0.4) is 0 Å². The highest BCUT2D eigenvalue weighted by Gasteiger charge is 2.50. The molecule has 0 unspecified atom stereocenters. The molecule has 2 aliphatic rings. The third-order valence-electron chi connectivity index (χ3n) is 7.16. The van der Waals surface area contributed by atoms with Gasteiger partial charge in [0.25, 0.3) is 10.0 Å². The number of benzene rings is 2. The number of carbonyl (C=O) groups excluding carboxylic acids is 1. The number of alkyl halides is 3. The zero-order valence-electron chi connectivity index (χ0n) is 23.1. The van der Waals surface area contributed by atoms with E-state index in [1.54, 1.807) is 0 Å². The van der Waals surface area contributed by atoms with Crippen LogP contribution in [0.5, 0.6) is 5.75 Å². The zero-order valence-corrected chi connectivity index (χ0v) is 24.7. The molecule has 42 heavy (non-hydrogen) atoms. The van der Waals surface area contributed by atoms with E-state index >= 15 is 0 Å². The van der Waals surface area contributed by atoms with Crippen LogP contribution < -0.4 is 9.04 Å². The van der Waals surface area contributed by atoms with Gasteiger partial charge in [-0.05, 0) is 68.7 Å². The summed E-state index contributed by atoms with van der Waals surface area (Å²) in [5.74, 6) is -2.03. The van der Waals surface area contributed by atoms with Crippen LogP contribution in [0.25, 0.3) is 0 Å². The molecular formula is C27H32F4N2O7S2. The molecule has 2 aromatic rings. The van der Waals surface area contributed by atoms with E-state index in [9.17, 15) is 39.2 Å². The number of hydrogen-bond donors (Lipinski definition) is 0. The Labute approximate surface area is 242 Å². The summed E-state index contributed by atoms with van der Waals surface area (Å²) in [5.41, 5.74) is -2.58. The molecule has 1 atom stereocenters. The lowest BCUT2D eigenvalue weighted by Crippen LogP contribution is -2.45. The highest BCUT2D eigenvalue weighted by molar-refractivity contribution is 7.92. The van der Waals surface area contributed by atoms with Gasteiger partial charge in [0.05, 0.1) is 29.3 Å². The number of rotatable bonds is 9. The Morgan fingerprint density at radius 3 is 2.26 bits per heavy atom. The van der Waals surface area contributed by atoms with Crippen LogP contribution in [0.15, 0.2) is 47.4 Å². The first-order chi connectivity index (χ1) is 19.5. The minimum absolute atomic E-state index is 0.00477. The lowest BCUT2D eigenvalue weighted by Gasteiger charge is -2.36. The minimum Gasteiger partial charge on any atom is -0.486 e. The van der Waals surface area contributed by atoms with Crippen molar-refractivity contribution in [3.8, 4) is 5.75 Å². The number of anilines is 1. The molecule has 1 fully saturated rings. The number of hydrogen-bond acceptors (Lipinski definition) is 7. The van der Waals surface area contributed by atoms with Crippen LogP contribution in [-0.2, 0) is 36.0 Å². The van der Waals surface area contributed by atoms with Gasteiger partial charge in [0.2, 0.25) is 15.6 Å². The predicted molar refractivity (Wildman–Crippen MR) is 146 cm³/mol. The number of sulfonamides is 2. The Balaban J connectivity index is 1.61. The second kappa shape index (κ2) is 12.0. The van der Waals surface area contributed by atoms with E-state index in [4.69, 9.17) is 4.74 Å². The molecule has 2 heterocycles. The number of esters is 1. The molecule has 1 saturated heterocycles. The molecule has 9 nitrogen and oxygen atoms in total. The molecule has 0 aromatic heterocycles. The second-order valence-electron chi connectivity index (χ2n) is 10.8. The molecule has 0 amide bonds. The number of fused-ring (bicyclic) bond motifs is 1. The van der Waals surface area contributed by atoms with Crippen molar-refractivity contribution in [2.75, 3.05) is 29.7 Å². The van der Waals surface area contributed by atoms with Crippen molar-refractivity contribution in [3.05, 3.63) is 53.8 Å². The van der Waals surface area contributed by atoms with E-state index < -0.39 is 56.1 Å². The fourth-order valence-electron chi connectivity index (χ4n) is 4.68. The van der Waals surface area contributed by atoms with Crippen molar-refractivity contribution < 1.29 is 48.7 Å². The molecule has 0 spiro atoms. The molecule has 0 aliphatic carbocycles.